The highest BCUT2D eigenvalue weighted by Gasteiger charge is 2.34. The van der Waals surface area contributed by atoms with Crippen molar-refractivity contribution in [2.75, 3.05) is 19.8 Å². The van der Waals surface area contributed by atoms with Gasteiger partial charge in [-0.05, 0) is 89.3 Å². The molecule has 29 heavy (non-hydrogen) atoms. The quantitative estimate of drug-likeness (QED) is 0.382. The summed E-state index contributed by atoms with van der Waals surface area (Å²) in [4.78, 5) is 26.3. The second-order valence-corrected chi connectivity index (χ2v) is 8.51. The van der Waals surface area contributed by atoms with Crippen LogP contribution in [0, 0.1) is 3.57 Å². The highest BCUT2D eigenvalue weighted by atomic mass is 127. The van der Waals surface area contributed by atoms with E-state index in [-0.39, 0.29) is 30.0 Å². The van der Waals surface area contributed by atoms with Crippen LogP contribution in [0.15, 0.2) is 41.3 Å². The largest absolute Gasteiger partial charge is 0.504 e. The first-order valence-corrected chi connectivity index (χ1v) is 11.0. The number of nitrogens with zero attached hydrogens (tertiary/aromatic N) is 1. The van der Waals surface area contributed by atoms with E-state index in [9.17, 15) is 14.7 Å². The van der Waals surface area contributed by atoms with E-state index in [1.807, 2.05) is 29.5 Å². The maximum absolute atomic E-state index is 12.6. The molecule has 6 nitrogen and oxygen atoms in total. The van der Waals surface area contributed by atoms with Crippen LogP contribution in [0.1, 0.15) is 12.5 Å². The number of hydrogen-bond donors (Lipinski definition) is 1. The number of amides is 2. The van der Waals surface area contributed by atoms with Crippen LogP contribution in [0.2, 0.25) is 5.02 Å². The van der Waals surface area contributed by atoms with Crippen molar-refractivity contribution in [3.63, 3.8) is 0 Å². The van der Waals surface area contributed by atoms with Gasteiger partial charge in [-0.2, -0.15) is 0 Å². The molecule has 2 amide bonds. The molecule has 152 valence electrons. The predicted octanol–water partition coefficient (Wildman–Crippen LogP) is 5.16. The molecule has 3 rings (SSSR count). The molecule has 0 unspecified atom stereocenters. The number of phenolic OH excluding ortho intramolecular Hbond substituents is 1. The molecular formula is C20H17ClINO5S. The Morgan fingerprint density at radius 3 is 2.62 bits per heavy atom. The minimum absolute atomic E-state index is 0.0528. The lowest BCUT2D eigenvalue weighted by atomic mass is 10.2. The van der Waals surface area contributed by atoms with Crippen molar-refractivity contribution in [3.8, 4) is 17.2 Å². The Bertz CT molecular complexity index is 964. The molecule has 1 aliphatic rings. The summed E-state index contributed by atoms with van der Waals surface area (Å²) in [6.07, 6.45) is 1.62. The molecule has 1 N–H and O–H groups in total. The summed E-state index contributed by atoms with van der Waals surface area (Å²) in [5.41, 5.74) is 0.665. The van der Waals surface area contributed by atoms with Crippen LogP contribution in [0.25, 0.3) is 6.08 Å². The summed E-state index contributed by atoms with van der Waals surface area (Å²) in [5.74, 6) is 0.623. The Morgan fingerprint density at radius 1 is 1.21 bits per heavy atom. The fourth-order valence-corrected chi connectivity index (χ4v) is 4.19. The molecule has 1 heterocycles. The Hall–Kier alpha value is -1.91. The standard InChI is InChI=1S/C20H17ClINO5S/c1-2-27-16-10-12(9-15(22)18(16)24)11-17-19(25)23(20(26)29-17)7-8-28-14-5-3-13(21)4-6-14/h3-6,9-11,24H,2,7-8H2,1H3/b17-11-. The zero-order chi connectivity index (χ0) is 21.0. The SMILES string of the molecule is CCOc1cc(/C=C2\SC(=O)N(CCOc3ccc(Cl)cc3)C2=O)cc(I)c1O. The molecule has 0 aromatic heterocycles. The summed E-state index contributed by atoms with van der Waals surface area (Å²) in [6.45, 7) is 2.54. The Labute approximate surface area is 191 Å². The Balaban J connectivity index is 1.69. The third-order valence-electron chi connectivity index (χ3n) is 3.92. The van der Waals surface area contributed by atoms with Gasteiger partial charge < -0.3 is 14.6 Å². The molecule has 0 spiro atoms. The molecule has 1 fully saturated rings. The van der Waals surface area contributed by atoms with Crippen LogP contribution >= 0.6 is 46.0 Å². The number of hydrogen-bond acceptors (Lipinski definition) is 6. The second kappa shape index (κ2) is 9.73. The number of halogens is 2. The van der Waals surface area contributed by atoms with E-state index in [0.717, 1.165) is 16.7 Å². The Kier molecular flexibility index (Phi) is 7.31. The van der Waals surface area contributed by atoms with E-state index >= 15 is 0 Å². The molecule has 0 radical (unpaired) electrons. The van der Waals surface area contributed by atoms with Crippen LogP contribution in [-0.2, 0) is 4.79 Å². The highest BCUT2D eigenvalue weighted by molar-refractivity contribution is 14.1. The number of thioether (sulfide) groups is 1. The fourth-order valence-electron chi connectivity index (χ4n) is 2.57. The first kappa shape index (κ1) is 21.8. The molecule has 0 aliphatic carbocycles. The van der Waals surface area contributed by atoms with Crippen molar-refractivity contribution in [1.29, 1.82) is 0 Å². The molecule has 2 aromatic rings. The van der Waals surface area contributed by atoms with Gasteiger partial charge in [0.1, 0.15) is 12.4 Å². The van der Waals surface area contributed by atoms with Crippen molar-refractivity contribution in [3.05, 3.63) is 55.5 Å². The van der Waals surface area contributed by atoms with Crippen LogP contribution in [0.3, 0.4) is 0 Å². The molecular weight excluding hydrogens is 529 g/mol. The van der Waals surface area contributed by atoms with E-state index < -0.39 is 0 Å². The Morgan fingerprint density at radius 2 is 1.93 bits per heavy atom. The molecule has 0 saturated carbocycles. The number of carbonyl (C=O) groups is 2. The van der Waals surface area contributed by atoms with Crippen LogP contribution in [-0.4, -0.2) is 40.9 Å². The first-order chi connectivity index (χ1) is 13.9. The number of ether oxygens (including phenoxy) is 2. The number of imide groups is 1. The smallest absolute Gasteiger partial charge is 0.293 e. The van der Waals surface area contributed by atoms with E-state index in [0.29, 0.717) is 37.2 Å². The van der Waals surface area contributed by atoms with Crippen LogP contribution in [0.5, 0.6) is 17.2 Å². The molecule has 9 heteroatoms. The van der Waals surface area contributed by atoms with Gasteiger partial charge in [0.25, 0.3) is 11.1 Å². The summed E-state index contributed by atoms with van der Waals surface area (Å²) < 4.78 is 11.6. The molecule has 0 atom stereocenters. The van der Waals surface area contributed by atoms with E-state index in [1.54, 1.807) is 42.5 Å². The van der Waals surface area contributed by atoms with Gasteiger partial charge in [0.15, 0.2) is 11.5 Å². The first-order valence-electron chi connectivity index (χ1n) is 8.68. The van der Waals surface area contributed by atoms with Crippen molar-refractivity contribution in [2.45, 2.75) is 6.92 Å². The van der Waals surface area contributed by atoms with Gasteiger partial charge in [-0.1, -0.05) is 11.6 Å². The topological polar surface area (TPSA) is 76.1 Å². The van der Waals surface area contributed by atoms with E-state index in [4.69, 9.17) is 21.1 Å². The van der Waals surface area contributed by atoms with Gasteiger partial charge in [0.2, 0.25) is 0 Å². The average Bonchev–Trinajstić information content (AvgIpc) is 2.94. The van der Waals surface area contributed by atoms with Crippen LogP contribution in [0.4, 0.5) is 4.79 Å². The maximum Gasteiger partial charge on any atom is 0.293 e. The summed E-state index contributed by atoms with van der Waals surface area (Å²) in [6, 6.07) is 10.2. The minimum Gasteiger partial charge on any atom is -0.504 e. The highest BCUT2D eigenvalue weighted by Crippen LogP contribution is 2.36. The monoisotopic (exact) mass is 545 g/mol. The van der Waals surface area contributed by atoms with Crippen molar-refractivity contribution in [2.24, 2.45) is 0 Å². The fraction of sp³-hybridized carbons (Fsp3) is 0.200. The zero-order valence-electron chi connectivity index (χ0n) is 15.4. The predicted molar refractivity (Wildman–Crippen MR) is 122 cm³/mol. The van der Waals surface area contributed by atoms with Gasteiger partial charge in [-0.3, -0.25) is 14.5 Å². The number of aromatic hydroxyl groups is 1. The van der Waals surface area contributed by atoms with Crippen molar-refractivity contribution in [1.82, 2.24) is 4.90 Å². The third kappa shape index (κ3) is 5.37. The average molecular weight is 546 g/mol. The summed E-state index contributed by atoms with van der Waals surface area (Å²) in [7, 11) is 0. The third-order valence-corrected chi connectivity index (χ3v) is 5.90. The summed E-state index contributed by atoms with van der Waals surface area (Å²) in [5, 5.41) is 10.3. The lowest BCUT2D eigenvalue weighted by Gasteiger charge is -2.13. The number of phenols is 1. The van der Waals surface area contributed by atoms with E-state index in [1.165, 1.54) is 0 Å². The molecule has 2 aromatic carbocycles. The number of rotatable bonds is 7. The van der Waals surface area contributed by atoms with E-state index in [2.05, 4.69) is 0 Å². The van der Waals surface area contributed by atoms with Crippen molar-refractivity contribution < 1.29 is 24.2 Å². The van der Waals surface area contributed by atoms with Crippen LogP contribution < -0.4 is 9.47 Å². The normalized spacial score (nSPS) is 15.3. The molecule has 0 bridgehead atoms. The summed E-state index contributed by atoms with van der Waals surface area (Å²) >= 11 is 8.69. The second-order valence-electron chi connectivity index (χ2n) is 5.92. The van der Waals surface area contributed by atoms with Gasteiger partial charge in [-0.15, -0.1) is 0 Å². The van der Waals surface area contributed by atoms with Gasteiger partial charge in [0, 0.05) is 5.02 Å². The molecule has 1 saturated heterocycles. The lowest BCUT2D eigenvalue weighted by molar-refractivity contribution is -0.123. The van der Waals surface area contributed by atoms with Gasteiger partial charge >= 0.3 is 0 Å². The number of carbonyl (C=O) groups excluding carboxylic acids is 2. The maximum atomic E-state index is 12.6. The van der Waals surface area contributed by atoms with Gasteiger partial charge in [0.05, 0.1) is 21.6 Å². The lowest BCUT2D eigenvalue weighted by Crippen LogP contribution is -2.32. The molecule has 1 aliphatic heterocycles. The zero-order valence-corrected chi connectivity index (χ0v) is 19.1. The van der Waals surface area contributed by atoms with Gasteiger partial charge in [-0.25, -0.2) is 0 Å². The minimum atomic E-state index is -0.374. The number of benzene rings is 2. The van der Waals surface area contributed by atoms with Crippen molar-refractivity contribution >= 4 is 63.2 Å².